The third kappa shape index (κ3) is 3.83. The van der Waals surface area contributed by atoms with E-state index >= 15 is 0 Å². The van der Waals surface area contributed by atoms with Crippen molar-refractivity contribution in [3.8, 4) is 0 Å². The molecule has 0 atom stereocenters. The smallest absolute Gasteiger partial charge is 0.309 e. The fourth-order valence-electron chi connectivity index (χ4n) is 3.48. The van der Waals surface area contributed by atoms with Crippen molar-refractivity contribution in [2.75, 3.05) is 5.32 Å². The van der Waals surface area contributed by atoms with E-state index in [0.29, 0.717) is 12.4 Å². The topological polar surface area (TPSA) is 109 Å². The van der Waals surface area contributed by atoms with Gasteiger partial charge in [-0.05, 0) is 28.4 Å². The molecule has 0 aliphatic carbocycles. The van der Waals surface area contributed by atoms with Crippen LogP contribution >= 0.6 is 15.9 Å². The van der Waals surface area contributed by atoms with Crippen LogP contribution in [0.5, 0.6) is 0 Å². The van der Waals surface area contributed by atoms with Gasteiger partial charge in [0.05, 0.1) is 12.7 Å². The average molecular weight is 486 g/mol. The number of nitrogens with one attached hydrogen (secondary N) is 1. The van der Waals surface area contributed by atoms with Crippen LogP contribution in [-0.4, -0.2) is 34.4 Å². The van der Waals surface area contributed by atoms with E-state index in [4.69, 9.17) is 0 Å². The minimum atomic E-state index is -0.519. The van der Waals surface area contributed by atoms with Crippen molar-refractivity contribution in [1.82, 2.24) is 28.5 Å². The lowest BCUT2D eigenvalue weighted by molar-refractivity contribution is -0.116. The quantitative estimate of drug-likeness (QED) is 0.429. The van der Waals surface area contributed by atoms with Gasteiger partial charge in [-0.2, -0.15) is 5.10 Å². The molecule has 160 valence electrons. The van der Waals surface area contributed by atoms with Crippen molar-refractivity contribution >= 4 is 38.8 Å². The Hall–Kier alpha value is -3.47. The number of hydrogen-bond donors (Lipinski definition) is 1. The largest absolute Gasteiger partial charge is 0.332 e. The number of aryl methyl sites for hydroxylation is 2. The van der Waals surface area contributed by atoms with Crippen LogP contribution in [0.2, 0.25) is 0 Å². The van der Waals surface area contributed by atoms with Gasteiger partial charge < -0.3 is 5.32 Å². The first-order valence-electron chi connectivity index (χ1n) is 9.45. The van der Waals surface area contributed by atoms with E-state index < -0.39 is 11.2 Å². The van der Waals surface area contributed by atoms with E-state index in [1.807, 2.05) is 25.1 Å². The highest BCUT2D eigenvalue weighted by Crippen LogP contribution is 2.17. The SMILES string of the molecule is Cc1cccc(Cn2nccc2NC(=O)Cn2c(Br)nc3c(=O)n(C)c(=O)n(C)c32)c1. The van der Waals surface area contributed by atoms with Crippen LogP contribution in [-0.2, 0) is 32.0 Å². The van der Waals surface area contributed by atoms with Gasteiger partial charge in [0, 0.05) is 20.2 Å². The Morgan fingerprint density at radius 2 is 1.94 bits per heavy atom. The van der Waals surface area contributed by atoms with E-state index in [1.54, 1.807) is 16.9 Å². The van der Waals surface area contributed by atoms with E-state index in [-0.39, 0.29) is 28.3 Å². The Bertz CT molecular complexity index is 1430. The highest BCUT2D eigenvalue weighted by molar-refractivity contribution is 9.10. The summed E-state index contributed by atoms with van der Waals surface area (Å²) < 4.78 is 5.73. The molecule has 10 nitrogen and oxygen atoms in total. The molecule has 0 aliphatic rings. The number of amides is 1. The Labute approximate surface area is 184 Å². The molecule has 0 radical (unpaired) electrons. The van der Waals surface area contributed by atoms with Gasteiger partial charge in [0.25, 0.3) is 5.56 Å². The summed E-state index contributed by atoms with van der Waals surface area (Å²) in [6, 6.07) is 9.76. The third-order valence-electron chi connectivity index (χ3n) is 4.99. The molecule has 31 heavy (non-hydrogen) atoms. The van der Waals surface area contributed by atoms with Gasteiger partial charge in [-0.3, -0.25) is 23.3 Å². The summed E-state index contributed by atoms with van der Waals surface area (Å²) >= 11 is 3.29. The predicted octanol–water partition coefficient (Wildman–Crippen LogP) is 1.39. The maximum Gasteiger partial charge on any atom is 0.332 e. The zero-order chi connectivity index (χ0) is 22.3. The number of nitrogens with zero attached hydrogens (tertiary/aromatic N) is 6. The molecule has 1 N–H and O–H groups in total. The van der Waals surface area contributed by atoms with E-state index in [9.17, 15) is 14.4 Å². The molecule has 3 heterocycles. The molecule has 0 saturated carbocycles. The molecular formula is C20H20BrN7O3. The number of rotatable bonds is 5. The first-order valence-corrected chi connectivity index (χ1v) is 10.2. The van der Waals surface area contributed by atoms with Crippen molar-refractivity contribution < 1.29 is 4.79 Å². The lowest BCUT2D eigenvalue weighted by Gasteiger charge is -2.12. The number of hydrogen-bond acceptors (Lipinski definition) is 5. The zero-order valence-corrected chi connectivity index (χ0v) is 18.8. The van der Waals surface area contributed by atoms with Gasteiger partial charge in [-0.15, -0.1) is 0 Å². The standard InChI is InChI=1S/C20H20BrN7O3/c1-12-5-4-6-13(9-12)10-28-14(7-8-22-28)23-15(29)11-27-17-16(24-19(27)21)18(30)26(3)20(31)25(17)2/h4-9H,10-11H2,1-3H3,(H,23,29). The average Bonchev–Trinajstić information content (AvgIpc) is 3.29. The predicted molar refractivity (Wildman–Crippen MR) is 119 cm³/mol. The van der Waals surface area contributed by atoms with Crippen molar-refractivity contribution in [2.45, 2.75) is 20.0 Å². The molecule has 0 saturated heterocycles. The summed E-state index contributed by atoms with van der Waals surface area (Å²) in [6.07, 6.45) is 1.61. The fourth-order valence-corrected chi connectivity index (χ4v) is 3.95. The molecule has 1 aromatic carbocycles. The van der Waals surface area contributed by atoms with E-state index in [1.165, 1.54) is 23.2 Å². The van der Waals surface area contributed by atoms with Gasteiger partial charge in [0.2, 0.25) is 5.91 Å². The second kappa shape index (κ2) is 7.99. The highest BCUT2D eigenvalue weighted by atomic mass is 79.9. The van der Waals surface area contributed by atoms with Crippen molar-refractivity contribution in [1.29, 1.82) is 0 Å². The minimum Gasteiger partial charge on any atom is -0.309 e. The second-order valence-corrected chi connectivity index (χ2v) is 7.97. The summed E-state index contributed by atoms with van der Waals surface area (Å²) in [7, 11) is 2.92. The number of halogens is 1. The Kier molecular flexibility index (Phi) is 5.36. The van der Waals surface area contributed by atoms with Crippen LogP contribution in [0.3, 0.4) is 0 Å². The molecule has 0 aliphatic heterocycles. The molecule has 0 unspecified atom stereocenters. The number of carbonyl (C=O) groups excluding carboxylic acids is 1. The molecule has 11 heteroatoms. The lowest BCUT2D eigenvalue weighted by atomic mass is 10.1. The van der Waals surface area contributed by atoms with Crippen LogP contribution < -0.4 is 16.6 Å². The number of carbonyl (C=O) groups is 1. The van der Waals surface area contributed by atoms with Gasteiger partial charge in [0.1, 0.15) is 12.4 Å². The first kappa shape index (κ1) is 20.8. The number of fused-ring (bicyclic) bond motifs is 1. The third-order valence-corrected chi connectivity index (χ3v) is 5.60. The number of benzene rings is 1. The van der Waals surface area contributed by atoms with Crippen LogP contribution in [0.4, 0.5) is 5.82 Å². The van der Waals surface area contributed by atoms with Crippen molar-refractivity contribution in [3.05, 3.63) is 73.2 Å². The first-order chi connectivity index (χ1) is 14.8. The molecule has 0 spiro atoms. The van der Waals surface area contributed by atoms with Crippen LogP contribution in [0.15, 0.2) is 50.9 Å². The molecule has 1 amide bonds. The van der Waals surface area contributed by atoms with Crippen LogP contribution in [0.25, 0.3) is 11.2 Å². The number of imidazole rings is 1. The molecule has 0 bridgehead atoms. The Morgan fingerprint density at radius 1 is 1.16 bits per heavy atom. The molecular weight excluding hydrogens is 466 g/mol. The normalized spacial score (nSPS) is 11.2. The molecule has 3 aromatic heterocycles. The number of aromatic nitrogens is 6. The summed E-state index contributed by atoms with van der Waals surface area (Å²) in [5, 5.41) is 7.13. The summed E-state index contributed by atoms with van der Waals surface area (Å²) in [6.45, 7) is 2.38. The summed E-state index contributed by atoms with van der Waals surface area (Å²) in [4.78, 5) is 41.7. The van der Waals surface area contributed by atoms with Gasteiger partial charge in [-0.25, -0.2) is 14.5 Å². The molecule has 0 fully saturated rings. The van der Waals surface area contributed by atoms with Gasteiger partial charge in [0.15, 0.2) is 15.9 Å². The van der Waals surface area contributed by atoms with Crippen LogP contribution in [0.1, 0.15) is 11.1 Å². The van der Waals surface area contributed by atoms with E-state index in [2.05, 4.69) is 37.4 Å². The van der Waals surface area contributed by atoms with E-state index in [0.717, 1.165) is 15.7 Å². The van der Waals surface area contributed by atoms with Crippen molar-refractivity contribution in [2.24, 2.45) is 14.1 Å². The Morgan fingerprint density at radius 3 is 2.68 bits per heavy atom. The monoisotopic (exact) mass is 485 g/mol. The lowest BCUT2D eigenvalue weighted by Crippen LogP contribution is -2.37. The summed E-state index contributed by atoms with van der Waals surface area (Å²) in [5.74, 6) is 0.191. The second-order valence-electron chi connectivity index (χ2n) is 7.26. The van der Waals surface area contributed by atoms with Crippen LogP contribution in [0, 0.1) is 6.92 Å². The maximum atomic E-state index is 12.8. The molecule has 4 aromatic rings. The van der Waals surface area contributed by atoms with Gasteiger partial charge >= 0.3 is 5.69 Å². The summed E-state index contributed by atoms with van der Waals surface area (Å²) in [5.41, 5.74) is 1.56. The Balaban J connectivity index is 1.61. The fraction of sp³-hybridized carbons (Fsp3) is 0.250. The van der Waals surface area contributed by atoms with Gasteiger partial charge in [-0.1, -0.05) is 29.8 Å². The minimum absolute atomic E-state index is 0.105. The molecule has 4 rings (SSSR count). The maximum absolute atomic E-state index is 12.8. The zero-order valence-electron chi connectivity index (χ0n) is 17.2. The highest BCUT2D eigenvalue weighted by Gasteiger charge is 2.20. The van der Waals surface area contributed by atoms with Crippen molar-refractivity contribution in [3.63, 3.8) is 0 Å². The number of anilines is 1.